The molecule has 0 aliphatic heterocycles. The number of phenolic OH excluding ortho intramolecular Hbond substituents is 1. The summed E-state index contributed by atoms with van der Waals surface area (Å²) in [5.74, 6) is -0.647. The van der Waals surface area contributed by atoms with Crippen LogP contribution in [0.1, 0.15) is 15.9 Å². The normalized spacial score (nSPS) is 10.4. The van der Waals surface area contributed by atoms with E-state index in [-0.39, 0.29) is 17.2 Å². The van der Waals surface area contributed by atoms with Crippen molar-refractivity contribution in [1.82, 2.24) is 0 Å². The zero-order chi connectivity index (χ0) is 17.1. The first-order chi connectivity index (χ1) is 11.6. The molecule has 0 spiro atoms. The van der Waals surface area contributed by atoms with E-state index in [1.165, 1.54) is 23.1 Å². The van der Waals surface area contributed by atoms with Gasteiger partial charge in [-0.15, -0.1) is 0 Å². The molecule has 0 fully saturated rings. The largest absolute Gasteiger partial charge is 0.508 e. The van der Waals surface area contributed by atoms with Gasteiger partial charge in [0, 0.05) is 16.9 Å². The second-order valence-electron chi connectivity index (χ2n) is 5.46. The van der Waals surface area contributed by atoms with Gasteiger partial charge in [-0.3, -0.25) is 9.69 Å². The van der Waals surface area contributed by atoms with Crippen LogP contribution in [-0.4, -0.2) is 11.0 Å². The number of hydrogen-bond donors (Lipinski definition) is 1. The number of carbonyl (C=O) groups excluding carboxylic acids is 1. The van der Waals surface area contributed by atoms with Crippen LogP contribution in [0, 0.1) is 12.7 Å². The quantitative estimate of drug-likeness (QED) is 0.751. The molecule has 0 heterocycles. The van der Waals surface area contributed by atoms with Crippen molar-refractivity contribution in [2.75, 3.05) is 4.90 Å². The van der Waals surface area contributed by atoms with Crippen LogP contribution in [0.5, 0.6) is 5.75 Å². The van der Waals surface area contributed by atoms with Gasteiger partial charge in [0.05, 0.1) is 0 Å². The van der Waals surface area contributed by atoms with Crippen molar-refractivity contribution in [3.8, 4) is 5.75 Å². The van der Waals surface area contributed by atoms with E-state index in [1.807, 2.05) is 18.2 Å². The Balaban J connectivity index is 2.08. The van der Waals surface area contributed by atoms with Crippen molar-refractivity contribution in [2.45, 2.75) is 6.92 Å². The molecule has 0 saturated heterocycles. The van der Waals surface area contributed by atoms with E-state index in [0.717, 1.165) is 0 Å². The number of phenols is 1. The SMILES string of the molecule is Cc1ccc(C(=O)N(c2ccccc2)c2ccc(O)cc2)cc1F. The maximum atomic E-state index is 13.9. The van der Waals surface area contributed by atoms with Gasteiger partial charge in [-0.1, -0.05) is 24.3 Å². The smallest absolute Gasteiger partial charge is 0.262 e. The van der Waals surface area contributed by atoms with Gasteiger partial charge >= 0.3 is 0 Å². The predicted octanol–water partition coefficient (Wildman–Crippen LogP) is 4.82. The van der Waals surface area contributed by atoms with Crippen LogP contribution in [0.15, 0.2) is 72.8 Å². The molecule has 0 bridgehead atoms. The minimum atomic E-state index is -0.417. The molecular weight excluding hydrogens is 305 g/mol. The number of nitrogens with zero attached hydrogens (tertiary/aromatic N) is 1. The molecule has 0 unspecified atom stereocenters. The Morgan fingerprint density at radius 1 is 0.917 bits per heavy atom. The molecule has 3 nitrogen and oxygen atoms in total. The number of benzene rings is 3. The topological polar surface area (TPSA) is 40.5 Å². The number of amides is 1. The number of halogens is 1. The summed E-state index contributed by atoms with van der Waals surface area (Å²) < 4.78 is 13.9. The summed E-state index contributed by atoms with van der Waals surface area (Å²) in [5.41, 5.74) is 2.00. The first-order valence-electron chi connectivity index (χ1n) is 7.51. The van der Waals surface area contributed by atoms with E-state index < -0.39 is 5.82 Å². The molecule has 120 valence electrons. The Kier molecular flexibility index (Phi) is 4.29. The zero-order valence-corrected chi connectivity index (χ0v) is 13.1. The maximum absolute atomic E-state index is 13.9. The first-order valence-corrected chi connectivity index (χ1v) is 7.51. The molecule has 3 rings (SSSR count). The van der Waals surface area contributed by atoms with Crippen molar-refractivity contribution in [2.24, 2.45) is 0 Å². The molecule has 0 saturated carbocycles. The summed E-state index contributed by atoms with van der Waals surface area (Å²) in [6.07, 6.45) is 0. The standard InChI is InChI=1S/C20H16FNO2/c1-14-7-8-15(13-19(14)21)20(24)22(16-5-3-2-4-6-16)17-9-11-18(23)12-10-17/h2-13,23H,1H3. The summed E-state index contributed by atoms with van der Waals surface area (Å²) in [5, 5.41) is 9.48. The third kappa shape index (κ3) is 3.13. The lowest BCUT2D eigenvalue weighted by Gasteiger charge is -2.23. The molecule has 0 aromatic heterocycles. The van der Waals surface area contributed by atoms with E-state index in [2.05, 4.69) is 0 Å². The number of rotatable bonds is 3. The van der Waals surface area contributed by atoms with Crippen molar-refractivity contribution in [3.63, 3.8) is 0 Å². The predicted molar refractivity (Wildman–Crippen MR) is 92.2 cm³/mol. The Bertz CT molecular complexity index is 861. The fraction of sp³-hybridized carbons (Fsp3) is 0.0500. The second-order valence-corrected chi connectivity index (χ2v) is 5.46. The highest BCUT2D eigenvalue weighted by Gasteiger charge is 2.20. The Hall–Kier alpha value is -3.14. The molecule has 1 N–H and O–H groups in total. The third-order valence-corrected chi connectivity index (χ3v) is 3.74. The molecule has 0 atom stereocenters. The van der Waals surface area contributed by atoms with Gasteiger partial charge < -0.3 is 5.11 Å². The lowest BCUT2D eigenvalue weighted by molar-refractivity contribution is 0.0999. The fourth-order valence-corrected chi connectivity index (χ4v) is 2.42. The van der Waals surface area contributed by atoms with Gasteiger partial charge in [-0.05, 0) is 61.0 Å². The Labute approximate surface area is 139 Å². The van der Waals surface area contributed by atoms with E-state index in [9.17, 15) is 14.3 Å². The molecule has 3 aromatic carbocycles. The van der Waals surface area contributed by atoms with Gasteiger partial charge in [0.1, 0.15) is 11.6 Å². The number of carbonyl (C=O) groups is 1. The minimum absolute atomic E-state index is 0.112. The molecule has 24 heavy (non-hydrogen) atoms. The van der Waals surface area contributed by atoms with Gasteiger partial charge in [-0.25, -0.2) is 4.39 Å². The Morgan fingerprint density at radius 3 is 2.17 bits per heavy atom. The first kappa shape index (κ1) is 15.7. The lowest BCUT2D eigenvalue weighted by Crippen LogP contribution is -2.26. The molecule has 1 amide bonds. The number of aromatic hydroxyl groups is 1. The highest BCUT2D eigenvalue weighted by molar-refractivity contribution is 6.10. The molecular formula is C20H16FNO2. The highest BCUT2D eigenvalue weighted by Crippen LogP contribution is 2.29. The van der Waals surface area contributed by atoms with E-state index in [4.69, 9.17) is 0 Å². The minimum Gasteiger partial charge on any atom is -0.508 e. The van der Waals surface area contributed by atoms with Crippen molar-refractivity contribution in [1.29, 1.82) is 0 Å². The molecule has 0 aliphatic carbocycles. The summed E-state index contributed by atoms with van der Waals surface area (Å²) in [6, 6.07) is 19.8. The van der Waals surface area contributed by atoms with Gasteiger partial charge in [0.2, 0.25) is 0 Å². The van der Waals surface area contributed by atoms with Crippen LogP contribution < -0.4 is 4.90 Å². The van der Waals surface area contributed by atoms with E-state index in [1.54, 1.807) is 43.3 Å². The van der Waals surface area contributed by atoms with Crippen LogP contribution in [0.4, 0.5) is 15.8 Å². The van der Waals surface area contributed by atoms with Crippen LogP contribution >= 0.6 is 0 Å². The third-order valence-electron chi connectivity index (χ3n) is 3.74. The zero-order valence-electron chi connectivity index (χ0n) is 13.1. The van der Waals surface area contributed by atoms with E-state index in [0.29, 0.717) is 16.9 Å². The van der Waals surface area contributed by atoms with Gasteiger partial charge in [0.15, 0.2) is 0 Å². The van der Waals surface area contributed by atoms with Gasteiger partial charge in [-0.2, -0.15) is 0 Å². The van der Waals surface area contributed by atoms with Crippen LogP contribution in [0.3, 0.4) is 0 Å². The highest BCUT2D eigenvalue weighted by atomic mass is 19.1. The summed E-state index contributed by atoms with van der Waals surface area (Å²) in [7, 11) is 0. The number of aryl methyl sites for hydroxylation is 1. The van der Waals surface area contributed by atoms with E-state index >= 15 is 0 Å². The van der Waals surface area contributed by atoms with Crippen molar-refractivity contribution in [3.05, 3.63) is 89.7 Å². The van der Waals surface area contributed by atoms with Crippen LogP contribution in [0.2, 0.25) is 0 Å². The number of para-hydroxylation sites is 1. The average Bonchev–Trinajstić information content (AvgIpc) is 2.60. The summed E-state index contributed by atoms with van der Waals surface area (Å²) in [4.78, 5) is 14.5. The fourth-order valence-electron chi connectivity index (χ4n) is 2.42. The van der Waals surface area contributed by atoms with Crippen LogP contribution in [-0.2, 0) is 0 Å². The van der Waals surface area contributed by atoms with Crippen molar-refractivity contribution >= 4 is 17.3 Å². The molecule has 0 aliphatic rings. The summed E-state index contributed by atoms with van der Waals surface area (Å²) >= 11 is 0. The maximum Gasteiger partial charge on any atom is 0.262 e. The van der Waals surface area contributed by atoms with Crippen molar-refractivity contribution < 1.29 is 14.3 Å². The average molecular weight is 321 g/mol. The molecule has 3 aromatic rings. The van der Waals surface area contributed by atoms with Crippen LogP contribution in [0.25, 0.3) is 0 Å². The van der Waals surface area contributed by atoms with Gasteiger partial charge in [0.25, 0.3) is 5.91 Å². The second kappa shape index (κ2) is 6.54. The monoisotopic (exact) mass is 321 g/mol. The lowest BCUT2D eigenvalue weighted by atomic mass is 10.1. The Morgan fingerprint density at radius 2 is 1.54 bits per heavy atom. The number of anilines is 2. The molecule has 0 radical (unpaired) electrons. The number of hydrogen-bond acceptors (Lipinski definition) is 2. The molecule has 4 heteroatoms. The summed E-state index contributed by atoms with van der Waals surface area (Å²) in [6.45, 7) is 1.65.